The van der Waals surface area contributed by atoms with Crippen molar-refractivity contribution in [1.82, 2.24) is 15.1 Å². The molecule has 2 rings (SSSR count). The lowest BCUT2D eigenvalue weighted by Gasteiger charge is -2.34. The van der Waals surface area contributed by atoms with Crippen LogP contribution in [0.25, 0.3) is 0 Å². The number of amidine groups is 2. The monoisotopic (exact) mass is 279 g/mol. The van der Waals surface area contributed by atoms with Crippen LogP contribution in [0.4, 0.5) is 5.82 Å². The number of aromatic nitrogens is 2. The quantitative estimate of drug-likeness (QED) is 0.445. The molecule has 8 heteroatoms. The van der Waals surface area contributed by atoms with Gasteiger partial charge in [-0.15, -0.1) is 0 Å². The van der Waals surface area contributed by atoms with Gasteiger partial charge in [0.15, 0.2) is 5.82 Å². The van der Waals surface area contributed by atoms with Gasteiger partial charge >= 0.3 is 0 Å². The molecule has 0 spiro atoms. The van der Waals surface area contributed by atoms with E-state index in [1.165, 1.54) is 0 Å². The SMILES string of the molecule is Cc1cc(N=C(N)CC(=N)N2CCOC(CN)C2)n[nH]1. The highest BCUT2D eigenvalue weighted by Gasteiger charge is 2.21. The maximum Gasteiger partial charge on any atom is 0.175 e. The fourth-order valence-electron chi connectivity index (χ4n) is 2.04. The number of hydrogen-bond donors (Lipinski definition) is 4. The number of aliphatic imine (C=N–C) groups is 1. The molecule has 1 atom stereocenters. The second-order valence-electron chi connectivity index (χ2n) is 4.81. The van der Waals surface area contributed by atoms with Crippen molar-refractivity contribution < 1.29 is 4.74 Å². The Morgan fingerprint density at radius 3 is 3.15 bits per heavy atom. The largest absolute Gasteiger partial charge is 0.387 e. The van der Waals surface area contributed by atoms with Crippen molar-refractivity contribution in [3.8, 4) is 0 Å². The third-order valence-corrected chi connectivity index (χ3v) is 3.08. The van der Waals surface area contributed by atoms with Crippen molar-refractivity contribution in [3.63, 3.8) is 0 Å². The van der Waals surface area contributed by atoms with Crippen LogP contribution in [0, 0.1) is 12.3 Å². The molecule has 20 heavy (non-hydrogen) atoms. The molecule has 0 radical (unpaired) electrons. The molecule has 8 nitrogen and oxygen atoms in total. The number of H-pyrrole nitrogens is 1. The Balaban J connectivity index is 1.91. The molecule has 1 aliphatic rings. The number of nitrogens with one attached hydrogen (secondary N) is 2. The van der Waals surface area contributed by atoms with Gasteiger partial charge in [-0.3, -0.25) is 10.5 Å². The van der Waals surface area contributed by atoms with Crippen molar-refractivity contribution in [1.29, 1.82) is 5.41 Å². The third kappa shape index (κ3) is 3.78. The third-order valence-electron chi connectivity index (χ3n) is 3.08. The van der Waals surface area contributed by atoms with Gasteiger partial charge in [0.25, 0.3) is 0 Å². The van der Waals surface area contributed by atoms with Crippen LogP contribution in [-0.2, 0) is 4.74 Å². The van der Waals surface area contributed by atoms with Gasteiger partial charge in [0, 0.05) is 31.4 Å². The maximum atomic E-state index is 8.09. The number of hydrogen-bond acceptors (Lipinski definition) is 5. The molecule has 0 amide bonds. The number of aromatic amines is 1. The first-order chi connectivity index (χ1) is 9.58. The first-order valence-electron chi connectivity index (χ1n) is 6.57. The van der Waals surface area contributed by atoms with Crippen LogP contribution in [-0.4, -0.2) is 59.1 Å². The topological polar surface area (TPSA) is 129 Å². The number of nitrogens with zero attached hydrogens (tertiary/aromatic N) is 3. The zero-order valence-corrected chi connectivity index (χ0v) is 11.6. The molecule has 1 fully saturated rings. The Bertz CT molecular complexity index is 496. The van der Waals surface area contributed by atoms with Gasteiger partial charge in [0.05, 0.1) is 19.1 Å². The van der Waals surface area contributed by atoms with Crippen LogP contribution in [0.1, 0.15) is 12.1 Å². The minimum Gasteiger partial charge on any atom is -0.387 e. The van der Waals surface area contributed by atoms with E-state index in [4.69, 9.17) is 21.6 Å². The van der Waals surface area contributed by atoms with E-state index in [2.05, 4.69) is 15.2 Å². The van der Waals surface area contributed by atoms with E-state index in [-0.39, 0.29) is 6.10 Å². The summed E-state index contributed by atoms with van der Waals surface area (Å²) >= 11 is 0. The second kappa shape index (κ2) is 6.49. The molecule has 0 saturated carbocycles. The Kier molecular flexibility index (Phi) is 4.70. The van der Waals surface area contributed by atoms with E-state index in [0.29, 0.717) is 50.2 Å². The Morgan fingerprint density at radius 1 is 1.70 bits per heavy atom. The van der Waals surface area contributed by atoms with Gasteiger partial charge in [-0.05, 0) is 6.92 Å². The average molecular weight is 279 g/mol. The first kappa shape index (κ1) is 14.5. The highest BCUT2D eigenvalue weighted by atomic mass is 16.5. The Hall–Kier alpha value is -1.93. The molecule has 1 aliphatic heterocycles. The Morgan fingerprint density at radius 2 is 2.50 bits per heavy atom. The lowest BCUT2D eigenvalue weighted by atomic mass is 10.2. The highest BCUT2D eigenvalue weighted by Crippen LogP contribution is 2.10. The fourth-order valence-corrected chi connectivity index (χ4v) is 2.04. The van der Waals surface area contributed by atoms with Crippen LogP contribution < -0.4 is 11.5 Å². The zero-order chi connectivity index (χ0) is 14.5. The minimum absolute atomic E-state index is 0.0174. The lowest BCUT2D eigenvalue weighted by Crippen LogP contribution is -2.48. The summed E-state index contributed by atoms with van der Waals surface area (Å²) < 4.78 is 5.47. The molecule has 0 aromatic carbocycles. The number of aryl methyl sites for hydroxylation is 1. The first-order valence-corrected chi connectivity index (χ1v) is 6.57. The molecule has 110 valence electrons. The van der Waals surface area contributed by atoms with Crippen molar-refractivity contribution in [2.24, 2.45) is 16.5 Å². The molecular formula is C12H21N7O. The van der Waals surface area contributed by atoms with E-state index in [0.717, 1.165) is 5.69 Å². The smallest absolute Gasteiger partial charge is 0.175 e. The summed E-state index contributed by atoms with van der Waals surface area (Å²) in [5, 5.41) is 14.9. The molecule has 1 unspecified atom stereocenters. The van der Waals surface area contributed by atoms with Crippen molar-refractivity contribution in [2.75, 3.05) is 26.2 Å². The van der Waals surface area contributed by atoms with Crippen LogP contribution in [0.2, 0.25) is 0 Å². The minimum atomic E-state index is -0.0174. The van der Waals surface area contributed by atoms with E-state index in [9.17, 15) is 0 Å². The molecule has 1 aromatic heterocycles. The summed E-state index contributed by atoms with van der Waals surface area (Å²) in [5.74, 6) is 1.34. The summed E-state index contributed by atoms with van der Waals surface area (Å²) in [5.41, 5.74) is 12.4. The van der Waals surface area contributed by atoms with Crippen LogP contribution >= 0.6 is 0 Å². The normalized spacial score (nSPS) is 20.2. The summed E-state index contributed by atoms with van der Waals surface area (Å²) in [6, 6.07) is 1.80. The van der Waals surface area contributed by atoms with E-state index in [1.54, 1.807) is 6.07 Å². The zero-order valence-electron chi connectivity index (χ0n) is 11.6. The molecule has 1 aromatic rings. The van der Waals surface area contributed by atoms with Gasteiger partial charge in [-0.25, -0.2) is 4.99 Å². The van der Waals surface area contributed by atoms with Crippen LogP contribution in [0.5, 0.6) is 0 Å². The van der Waals surface area contributed by atoms with Gasteiger partial charge in [-0.2, -0.15) is 5.10 Å². The molecule has 0 aliphatic carbocycles. The number of ether oxygens (including phenoxy) is 1. The molecule has 1 saturated heterocycles. The lowest BCUT2D eigenvalue weighted by molar-refractivity contribution is -0.000425. The number of morpholine rings is 1. The molecule has 0 bridgehead atoms. The van der Waals surface area contributed by atoms with Crippen LogP contribution in [0.15, 0.2) is 11.1 Å². The summed E-state index contributed by atoms with van der Waals surface area (Å²) in [6.45, 7) is 4.25. The average Bonchev–Trinajstić information content (AvgIpc) is 2.83. The maximum absolute atomic E-state index is 8.09. The van der Waals surface area contributed by atoms with Crippen molar-refractivity contribution in [3.05, 3.63) is 11.8 Å². The van der Waals surface area contributed by atoms with Crippen LogP contribution in [0.3, 0.4) is 0 Å². The van der Waals surface area contributed by atoms with Gasteiger partial charge in [0.1, 0.15) is 11.7 Å². The molecule has 2 heterocycles. The molecule has 6 N–H and O–H groups in total. The summed E-state index contributed by atoms with van der Waals surface area (Å²) in [6.07, 6.45) is 0.277. The number of nitrogens with two attached hydrogens (primary N) is 2. The predicted molar refractivity (Wildman–Crippen MR) is 77.3 cm³/mol. The fraction of sp³-hybridized carbons (Fsp3) is 0.583. The highest BCUT2D eigenvalue weighted by molar-refractivity contribution is 6.01. The predicted octanol–water partition coefficient (Wildman–Crippen LogP) is -0.266. The Labute approximate surface area is 117 Å². The second-order valence-corrected chi connectivity index (χ2v) is 4.81. The van der Waals surface area contributed by atoms with Gasteiger partial charge < -0.3 is 21.1 Å². The standard InChI is InChI=1S/C12H21N7O/c1-8-4-12(18-17-8)16-10(14)5-11(15)19-2-3-20-9(6-13)7-19/h4,9,15H,2-3,5-7,13H2,1H3,(H3,14,16,17,18). The summed E-state index contributed by atoms with van der Waals surface area (Å²) in [7, 11) is 0. The van der Waals surface area contributed by atoms with Gasteiger partial charge in [0.2, 0.25) is 0 Å². The van der Waals surface area contributed by atoms with E-state index >= 15 is 0 Å². The molecular weight excluding hydrogens is 258 g/mol. The van der Waals surface area contributed by atoms with E-state index in [1.807, 2.05) is 11.8 Å². The number of rotatable bonds is 4. The van der Waals surface area contributed by atoms with Crippen molar-refractivity contribution >= 4 is 17.5 Å². The van der Waals surface area contributed by atoms with Gasteiger partial charge in [-0.1, -0.05) is 0 Å². The van der Waals surface area contributed by atoms with Crippen molar-refractivity contribution in [2.45, 2.75) is 19.4 Å². The summed E-state index contributed by atoms with van der Waals surface area (Å²) in [4.78, 5) is 6.11. The van der Waals surface area contributed by atoms with E-state index < -0.39 is 0 Å².